The fourth-order valence-corrected chi connectivity index (χ4v) is 4.04. The normalized spacial score (nSPS) is 11.0. The van der Waals surface area contributed by atoms with Crippen LogP contribution in [-0.2, 0) is 11.2 Å². The zero-order valence-corrected chi connectivity index (χ0v) is 16.0. The number of hydrogen-bond acceptors (Lipinski definition) is 4. The molecule has 0 spiro atoms. The van der Waals surface area contributed by atoms with Crippen LogP contribution in [0.15, 0.2) is 60.9 Å². The standard InChI is InChI=1S/C20H17ClN4OS/c21-14-9-10-17(25-12-4-11-22-25)16(13-14)23-19(26)7-3-8-20-24-15-5-1-2-6-18(15)27-20/h1-2,4-6,9-13H,3,7-8H2,(H,23,26). The molecule has 0 bridgehead atoms. The molecule has 0 aliphatic heterocycles. The van der Waals surface area contributed by atoms with Crippen molar-refractivity contribution in [2.45, 2.75) is 19.3 Å². The van der Waals surface area contributed by atoms with E-state index >= 15 is 0 Å². The molecule has 0 fully saturated rings. The highest BCUT2D eigenvalue weighted by Gasteiger charge is 2.11. The summed E-state index contributed by atoms with van der Waals surface area (Å²) >= 11 is 7.78. The number of anilines is 1. The van der Waals surface area contributed by atoms with Gasteiger partial charge in [-0.3, -0.25) is 4.79 Å². The van der Waals surface area contributed by atoms with Crippen molar-refractivity contribution in [3.05, 3.63) is 71.0 Å². The van der Waals surface area contributed by atoms with Gasteiger partial charge < -0.3 is 5.32 Å². The number of aromatic nitrogens is 3. The maximum atomic E-state index is 12.4. The van der Waals surface area contributed by atoms with Crippen molar-refractivity contribution < 1.29 is 4.79 Å². The van der Waals surface area contributed by atoms with E-state index in [0.29, 0.717) is 17.1 Å². The van der Waals surface area contributed by atoms with E-state index in [4.69, 9.17) is 11.6 Å². The molecule has 0 radical (unpaired) electrons. The molecule has 0 saturated carbocycles. The summed E-state index contributed by atoms with van der Waals surface area (Å²) in [4.78, 5) is 17.0. The molecule has 1 N–H and O–H groups in total. The zero-order valence-electron chi connectivity index (χ0n) is 14.4. The molecule has 1 amide bonds. The Kier molecular flexibility index (Phi) is 5.18. The molecule has 7 heteroatoms. The first kappa shape index (κ1) is 17.7. The summed E-state index contributed by atoms with van der Waals surface area (Å²) in [5.41, 5.74) is 2.45. The first-order valence-corrected chi connectivity index (χ1v) is 9.82. The number of halogens is 1. The Labute approximate surface area is 165 Å². The predicted molar refractivity (Wildman–Crippen MR) is 110 cm³/mol. The van der Waals surface area contributed by atoms with Crippen LogP contribution in [0.2, 0.25) is 5.02 Å². The number of carbonyl (C=O) groups excluding carboxylic acids is 1. The highest BCUT2D eigenvalue weighted by atomic mass is 35.5. The molecule has 0 unspecified atom stereocenters. The maximum Gasteiger partial charge on any atom is 0.224 e. The van der Waals surface area contributed by atoms with E-state index < -0.39 is 0 Å². The van der Waals surface area contributed by atoms with E-state index in [0.717, 1.165) is 29.1 Å². The zero-order chi connectivity index (χ0) is 18.6. The Hall–Kier alpha value is -2.70. The molecule has 27 heavy (non-hydrogen) atoms. The molecule has 2 aromatic carbocycles. The second kappa shape index (κ2) is 7.90. The number of fused-ring (bicyclic) bond motifs is 1. The summed E-state index contributed by atoms with van der Waals surface area (Å²) in [5, 5.41) is 8.80. The Morgan fingerprint density at radius 1 is 1.19 bits per heavy atom. The van der Waals surface area contributed by atoms with Gasteiger partial charge in [0.25, 0.3) is 0 Å². The smallest absolute Gasteiger partial charge is 0.224 e. The minimum atomic E-state index is -0.0493. The van der Waals surface area contributed by atoms with Gasteiger partial charge in [0, 0.05) is 23.8 Å². The molecular formula is C20H17ClN4OS. The number of amides is 1. The first-order valence-electron chi connectivity index (χ1n) is 8.63. The summed E-state index contributed by atoms with van der Waals surface area (Å²) in [7, 11) is 0. The largest absolute Gasteiger partial charge is 0.324 e. The number of rotatable bonds is 6. The lowest BCUT2D eigenvalue weighted by Crippen LogP contribution is -2.13. The van der Waals surface area contributed by atoms with Crippen molar-refractivity contribution in [3.63, 3.8) is 0 Å². The third kappa shape index (κ3) is 4.18. The maximum absolute atomic E-state index is 12.4. The lowest BCUT2D eigenvalue weighted by atomic mass is 10.2. The number of nitrogens with zero attached hydrogens (tertiary/aromatic N) is 3. The van der Waals surface area contributed by atoms with Crippen molar-refractivity contribution in [2.24, 2.45) is 0 Å². The molecule has 0 atom stereocenters. The van der Waals surface area contributed by atoms with Crippen LogP contribution in [0.1, 0.15) is 17.8 Å². The van der Waals surface area contributed by atoms with E-state index in [2.05, 4.69) is 21.5 Å². The molecule has 0 saturated heterocycles. The van der Waals surface area contributed by atoms with E-state index in [1.807, 2.05) is 36.5 Å². The fraction of sp³-hybridized carbons (Fsp3) is 0.150. The molecule has 136 valence electrons. The summed E-state index contributed by atoms with van der Waals surface area (Å²) in [6.45, 7) is 0. The molecule has 2 aromatic heterocycles. The summed E-state index contributed by atoms with van der Waals surface area (Å²) in [6, 6.07) is 15.3. The lowest BCUT2D eigenvalue weighted by Gasteiger charge is -2.11. The number of para-hydroxylation sites is 1. The minimum Gasteiger partial charge on any atom is -0.324 e. The molecular weight excluding hydrogens is 380 g/mol. The van der Waals surface area contributed by atoms with Crippen LogP contribution in [0.4, 0.5) is 5.69 Å². The molecule has 4 rings (SSSR count). The van der Waals surface area contributed by atoms with Crippen LogP contribution in [0.25, 0.3) is 15.9 Å². The lowest BCUT2D eigenvalue weighted by molar-refractivity contribution is -0.116. The average molecular weight is 397 g/mol. The SMILES string of the molecule is O=C(CCCc1nc2ccccc2s1)Nc1cc(Cl)ccc1-n1cccn1. The third-order valence-corrected chi connectivity index (χ3v) is 5.45. The van der Waals surface area contributed by atoms with E-state index in [1.54, 1.807) is 34.3 Å². The van der Waals surface area contributed by atoms with Crippen LogP contribution >= 0.6 is 22.9 Å². The highest BCUT2D eigenvalue weighted by Crippen LogP contribution is 2.25. The second-order valence-electron chi connectivity index (χ2n) is 6.09. The van der Waals surface area contributed by atoms with Crippen molar-refractivity contribution >= 4 is 44.7 Å². The van der Waals surface area contributed by atoms with E-state index in [-0.39, 0.29) is 5.91 Å². The van der Waals surface area contributed by atoms with Gasteiger partial charge in [-0.05, 0) is 49.2 Å². The van der Waals surface area contributed by atoms with Crippen LogP contribution in [0.5, 0.6) is 0 Å². The van der Waals surface area contributed by atoms with E-state index in [9.17, 15) is 4.79 Å². The average Bonchev–Trinajstić information content (AvgIpc) is 3.31. The van der Waals surface area contributed by atoms with Gasteiger partial charge in [-0.15, -0.1) is 11.3 Å². The quantitative estimate of drug-likeness (QED) is 0.493. The number of carbonyl (C=O) groups is 1. The van der Waals surface area contributed by atoms with Crippen LogP contribution in [0, 0.1) is 0 Å². The summed E-state index contributed by atoms with van der Waals surface area (Å²) < 4.78 is 2.88. The van der Waals surface area contributed by atoms with Gasteiger partial charge in [0.05, 0.1) is 26.6 Å². The Balaban J connectivity index is 1.39. The van der Waals surface area contributed by atoms with Gasteiger partial charge in [0.15, 0.2) is 0 Å². The second-order valence-corrected chi connectivity index (χ2v) is 7.64. The Bertz CT molecular complexity index is 1040. The van der Waals surface area contributed by atoms with Crippen LogP contribution in [0.3, 0.4) is 0 Å². The number of hydrogen-bond donors (Lipinski definition) is 1. The number of aryl methyl sites for hydroxylation is 1. The van der Waals surface area contributed by atoms with Crippen molar-refractivity contribution in [1.82, 2.24) is 14.8 Å². The van der Waals surface area contributed by atoms with Crippen LogP contribution < -0.4 is 5.32 Å². The van der Waals surface area contributed by atoms with Gasteiger partial charge in [0.1, 0.15) is 0 Å². The molecule has 2 heterocycles. The number of thiazole rings is 1. The Morgan fingerprint density at radius 2 is 2.07 bits per heavy atom. The Morgan fingerprint density at radius 3 is 2.89 bits per heavy atom. The predicted octanol–water partition coefficient (Wildman–Crippen LogP) is 5.10. The van der Waals surface area contributed by atoms with Crippen molar-refractivity contribution in [1.29, 1.82) is 0 Å². The first-order chi connectivity index (χ1) is 13.2. The summed E-state index contributed by atoms with van der Waals surface area (Å²) in [6.07, 6.45) is 5.46. The summed E-state index contributed by atoms with van der Waals surface area (Å²) in [5.74, 6) is -0.0493. The third-order valence-electron chi connectivity index (χ3n) is 4.12. The van der Waals surface area contributed by atoms with E-state index in [1.165, 1.54) is 4.70 Å². The van der Waals surface area contributed by atoms with Gasteiger partial charge in [-0.25, -0.2) is 9.67 Å². The van der Waals surface area contributed by atoms with Crippen molar-refractivity contribution in [2.75, 3.05) is 5.32 Å². The molecule has 4 aromatic rings. The van der Waals surface area contributed by atoms with Crippen molar-refractivity contribution in [3.8, 4) is 5.69 Å². The fourth-order valence-electron chi connectivity index (χ4n) is 2.86. The van der Waals surface area contributed by atoms with Gasteiger partial charge in [-0.2, -0.15) is 5.10 Å². The molecule has 5 nitrogen and oxygen atoms in total. The number of nitrogens with one attached hydrogen (secondary N) is 1. The highest BCUT2D eigenvalue weighted by molar-refractivity contribution is 7.18. The van der Waals surface area contributed by atoms with Gasteiger partial charge in [0.2, 0.25) is 5.91 Å². The molecule has 0 aliphatic carbocycles. The molecule has 0 aliphatic rings. The topological polar surface area (TPSA) is 59.8 Å². The number of benzene rings is 2. The van der Waals surface area contributed by atoms with Gasteiger partial charge in [-0.1, -0.05) is 23.7 Å². The minimum absolute atomic E-state index is 0.0493. The van der Waals surface area contributed by atoms with Crippen LogP contribution in [-0.4, -0.2) is 20.7 Å². The monoisotopic (exact) mass is 396 g/mol. The van der Waals surface area contributed by atoms with Gasteiger partial charge >= 0.3 is 0 Å².